The van der Waals surface area contributed by atoms with Crippen molar-refractivity contribution in [3.8, 4) is 5.75 Å². The number of hydrogen-bond donors (Lipinski definition) is 1. The fourth-order valence-corrected chi connectivity index (χ4v) is 2.21. The molecule has 0 bridgehead atoms. The Hall–Kier alpha value is -2.12. The zero-order chi connectivity index (χ0) is 21.9. The van der Waals surface area contributed by atoms with Crippen LogP contribution in [0.3, 0.4) is 0 Å². The molecule has 0 radical (unpaired) electrons. The molecule has 1 aromatic rings. The maximum Gasteiger partial charge on any atom is 0.462 e. The zero-order valence-electron chi connectivity index (χ0n) is 14.2. The predicted octanol–water partition coefficient (Wildman–Crippen LogP) is 5.25. The second-order valence-electron chi connectivity index (χ2n) is 5.46. The summed E-state index contributed by atoms with van der Waals surface area (Å²) in [6, 6.07) is -3.80. The monoisotopic (exact) mass is 483 g/mol. The third-order valence-corrected chi connectivity index (χ3v) is 3.89. The minimum Gasteiger partial charge on any atom is -0.483 e. The molecular formula is C14H13BrF7N3O3. The van der Waals surface area contributed by atoms with Gasteiger partial charge in [-0.25, -0.2) is 5.43 Å². The van der Waals surface area contributed by atoms with Crippen LogP contribution in [-0.4, -0.2) is 35.4 Å². The predicted molar refractivity (Wildman–Crippen MR) is 87.9 cm³/mol. The van der Waals surface area contributed by atoms with Crippen LogP contribution in [0.4, 0.5) is 36.4 Å². The topological polar surface area (TPSA) is 76.8 Å². The summed E-state index contributed by atoms with van der Waals surface area (Å²) in [6.07, 6.45) is -5.99. The van der Waals surface area contributed by atoms with Crippen LogP contribution < -0.4 is 10.2 Å². The molecule has 0 aromatic heterocycles. The molecule has 158 valence electrons. The highest BCUT2D eigenvalue weighted by molar-refractivity contribution is 9.10. The van der Waals surface area contributed by atoms with E-state index in [0.29, 0.717) is 18.1 Å². The second-order valence-corrected chi connectivity index (χ2v) is 6.32. The minimum absolute atomic E-state index is 0.0239. The number of ether oxygens (including phenoxy) is 1. The van der Waals surface area contributed by atoms with Crippen LogP contribution in [0, 0.1) is 10.1 Å². The summed E-state index contributed by atoms with van der Waals surface area (Å²) in [5.41, 5.74) is -0.408. The number of nitrogens with zero attached hydrogens (tertiary/aromatic N) is 2. The molecule has 1 rings (SSSR count). The van der Waals surface area contributed by atoms with Crippen molar-refractivity contribution in [3.05, 3.63) is 32.3 Å². The summed E-state index contributed by atoms with van der Waals surface area (Å²) in [4.78, 5) is 10.3. The Morgan fingerprint density at radius 2 is 1.86 bits per heavy atom. The summed E-state index contributed by atoms with van der Waals surface area (Å²) < 4.78 is 93.2. The first kappa shape index (κ1) is 23.9. The Morgan fingerprint density at radius 1 is 1.29 bits per heavy atom. The standard InChI is InChI=1S/C14H13BrF7N3O3/c1-3-7(2)28-11-9(15)4-8(5-10(11)25(26)27)6-23-24-14(21,22)12(16,17)13(18,19)20/h4-7,24H,3H2,1-2H3/b23-6-/t7-/m0/s1. The summed E-state index contributed by atoms with van der Waals surface area (Å²) in [5, 5.41) is 13.8. The van der Waals surface area contributed by atoms with Gasteiger partial charge in [-0.2, -0.15) is 35.8 Å². The molecule has 0 fully saturated rings. The van der Waals surface area contributed by atoms with Gasteiger partial charge in [0.1, 0.15) is 0 Å². The Kier molecular flexibility index (Phi) is 7.25. The SMILES string of the molecule is CC[C@H](C)Oc1c(Br)cc(/C=N\NC(F)(F)C(F)(F)C(F)(F)F)cc1[N+](=O)[O-]. The van der Waals surface area contributed by atoms with Crippen LogP contribution in [0.5, 0.6) is 5.75 Å². The molecule has 0 heterocycles. The number of alkyl halides is 7. The normalized spacial score (nSPS) is 14.2. The number of hydrogen-bond acceptors (Lipinski definition) is 5. The van der Waals surface area contributed by atoms with Crippen molar-refractivity contribution >= 4 is 27.8 Å². The van der Waals surface area contributed by atoms with E-state index in [1.165, 1.54) is 0 Å². The third kappa shape index (κ3) is 5.23. The summed E-state index contributed by atoms with van der Waals surface area (Å²) >= 11 is 2.98. The molecule has 14 heteroatoms. The lowest BCUT2D eigenvalue weighted by Crippen LogP contribution is -2.58. The largest absolute Gasteiger partial charge is 0.483 e. The smallest absolute Gasteiger partial charge is 0.462 e. The molecule has 1 aromatic carbocycles. The van der Waals surface area contributed by atoms with E-state index in [9.17, 15) is 40.8 Å². The lowest BCUT2D eigenvalue weighted by molar-refractivity contribution is -0.386. The van der Waals surface area contributed by atoms with Crippen LogP contribution in [0.2, 0.25) is 0 Å². The molecule has 1 N–H and O–H groups in total. The average molecular weight is 484 g/mol. The molecule has 0 unspecified atom stereocenters. The highest BCUT2D eigenvalue weighted by Gasteiger charge is 2.73. The van der Waals surface area contributed by atoms with Gasteiger partial charge in [-0.15, -0.1) is 0 Å². The molecule has 0 saturated carbocycles. The third-order valence-electron chi connectivity index (χ3n) is 3.31. The van der Waals surface area contributed by atoms with Crippen molar-refractivity contribution < 1.29 is 40.4 Å². The fraction of sp³-hybridized carbons (Fsp3) is 0.500. The first-order chi connectivity index (χ1) is 12.6. The van der Waals surface area contributed by atoms with Crippen molar-refractivity contribution in [2.75, 3.05) is 0 Å². The van der Waals surface area contributed by atoms with Gasteiger partial charge in [0, 0.05) is 11.6 Å². The van der Waals surface area contributed by atoms with Gasteiger partial charge in [-0.1, -0.05) is 6.92 Å². The van der Waals surface area contributed by atoms with Crippen LogP contribution in [0.15, 0.2) is 21.7 Å². The van der Waals surface area contributed by atoms with E-state index in [-0.39, 0.29) is 15.8 Å². The first-order valence-corrected chi connectivity index (χ1v) is 8.20. The van der Waals surface area contributed by atoms with Crippen LogP contribution >= 0.6 is 15.9 Å². The lowest BCUT2D eigenvalue weighted by atomic mass is 10.2. The van der Waals surface area contributed by atoms with Crippen LogP contribution in [-0.2, 0) is 0 Å². The molecule has 0 saturated heterocycles. The number of benzene rings is 1. The van der Waals surface area contributed by atoms with E-state index < -0.39 is 34.9 Å². The first-order valence-electron chi connectivity index (χ1n) is 7.41. The van der Waals surface area contributed by atoms with E-state index >= 15 is 0 Å². The molecule has 6 nitrogen and oxygen atoms in total. The quantitative estimate of drug-likeness (QED) is 0.180. The number of nitrogens with one attached hydrogen (secondary N) is 1. The maximum atomic E-state index is 13.1. The molecule has 0 aliphatic carbocycles. The van der Waals surface area contributed by atoms with Crippen molar-refractivity contribution in [1.29, 1.82) is 0 Å². The van der Waals surface area contributed by atoms with E-state index in [0.717, 1.165) is 12.1 Å². The van der Waals surface area contributed by atoms with Gasteiger partial charge in [0.05, 0.1) is 21.7 Å². The highest BCUT2D eigenvalue weighted by atomic mass is 79.9. The number of nitro groups is 1. The van der Waals surface area contributed by atoms with Crippen molar-refractivity contribution in [3.63, 3.8) is 0 Å². The Labute approximate surface area is 162 Å². The molecule has 0 aliphatic heterocycles. The highest BCUT2D eigenvalue weighted by Crippen LogP contribution is 2.45. The van der Waals surface area contributed by atoms with E-state index in [1.54, 1.807) is 13.8 Å². The van der Waals surface area contributed by atoms with E-state index in [4.69, 9.17) is 4.74 Å². The molecule has 1 atom stereocenters. The van der Waals surface area contributed by atoms with E-state index in [1.807, 2.05) is 0 Å². The molecule has 28 heavy (non-hydrogen) atoms. The number of rotatable bonds is 8. The van der Waals surface area contributed by atoms with Gasteiger partial charge in [0.15, 0.2) is 0 Å². The molecular weight excluding hydrogens is 471 g/mol. The van der Waals surface area contributed by atoms with Crippen LogP contribution in [0.1, 0.15) is 25.8 Å². The zero-order valence-corrected chi connectivity index (χ0v) is 15.7. The van der Waals surface area contributed by atoms with E-state index in [2.05, 4.69) is 21.0 Å². The maximum absolute atomic E-state index is 13.1. The minimum atomic E-state index is -6.52. The lowest BCUT2D eigenvalue weighted by Gasteiger charge is -2.27. The van der Waals surface area contributed by atoms with Gasteiger partial charge >= 0.3 is 23.8 Å². The second kappa shape index (κ2) is 8.49. The Bertz CT molecular complexity index is 756. The average Bonchev–Trinajstić information content (AvgIpc) is 2.55. The number of nitro benzene ring substituents is 1. The molecule has 0 spiro atoms. The molecule has 0 aliphatic rings. The van der Waals surface area contributed by atoms with Gasteiger partial charge in [0.2, 0.25) is 5.75 Å². The van der Waals surface area contributed by atoms with Crippen LogP contribution in [0.25, 0.3) is 0 Å². The van der Waals surface area contributed by atoms with Crippen molar-refractivity contribution in [2.24, 2.45) is 5.10 Å². The Morgan fingerprint density at radius 3 is 2.32 bits per heavy atom. The number of halogens is 8. The van der Waals surface area contributed by atoms with Crippen molar-refractivity contribution in [2.45, 2.75) is 44.5 Å². The summed E-state index contributed by atoms with van der Waals surface area (Å²) in [7, 11) is 0. The van der Waals surface area contributed by atoms with Gasteiger partial charge in [0.25, 0.3) is 0 Å². The van der Waals surface area contributed by atoms with Gasteiger partial charge in [-0.3, -0.25) is 10.1 Å². The van der Waals surface area contributed by atoms with Crippen molar-refractivity contribution in [1.82, 2.24) is 5.43 Å². The molecule has 0 amide bonds. The summed E-state index contributed by atoms with van der Waals surface area (Å²) in [6.45, 7) is 3.40. The van der Waals surface area contributed by atoms with Gasteiger partial charge in [-0.05, 0) is 35.3 Å². The summed E-state index contributed by atoms with van der Waals surface area (Å²) in [5.74, 6) is -6.56. The fourth-order valence-electron chi connectivity index (χ4n) is 1.65. The Balaban J connectivity index is 3.14. The number of hydrazone groups is 1. The van der Waals surface area contributed by atoms with Gasteiger partial charge < -0.3 is 4.74 Å².